The number of benzene rings is 1. The van der Waals surface area contributed by atoms with Gasteiger partial charge < -0.3 is 5.32 Å². The molecule has 0 amide bonds. The molecule has 1 rings (SSSR count). The van der Waals surface area contributed by atoms with E-state index >= 15 is 0 Å². The smallest absolute Gasteiger partial charge is 0.0264 e. The molecular weight excluding hydrogens is 170 g/mol. The first kappa shape index (κ1) is 9.56. The summed E-state index contributed by atoms with van der Waals surface area (Å²) in [6.07, 6.45) is 0.958. The summed E-state index contributed by atoms with van der Waals surface area (Å²) in [6, 6.07) is 8.39. The summed E-state index contributed by atoms with van der Waals surface area (Å²) < 4.78 is 0. The molecule has 0 atom stereocenters. The minimum absolute atomic E-state index is 0.695. The monoisotopic (exact) mass is 183 g/mol. The number of rotatable bonds is 4. The van der Waals surface area contributed by atoms with E-state index in [1.165, 1.54) is 11.1 Å². The summed E-state index contributed by atoms with van der Waals surface area (Å²) in [5.41, 5.74) is 2.70. The fourth-order valence-electron chi connectivity index (χ4n) is 1.27. The highest BCUT2D eigenvalue weighted by molar-refractivity contribution is 6.18. The third-order valence-corrected chi connectivity index (χ3v) is 2.04. The van der Waals surface area contributed by atoms with Gasteiger partial charge in [-0.3, -0.25) is 0 Å². The van der Waals surface area contributed by atoms with Crippen molar-refractivity contribution in [2.45, 2.75) is 13.0 Å². The number of alkyl halides is 1. The second-order valence-electron chi connectivity index (χ2n) is 2.74. The standard InChI is InChI=1S/C10H14ClN/c1-12-8-10-5-3-2-4-9(10)6-7-11/h2-5,12H,6-8H2,1H3. The van der Waals surface area contributed by atoms with Gasteiger partial charge in [0.05, 0.1) is 0 Å². The van der Waals surface area contributed by atoms with Gasteiger partial charge in [-0.2, -0.15) is 0 Å². The lowest BCUT2D eigenvalue weighted by Crippen LogP contribution is -2.07. The van der Waals surface area contributed by atoms with E-state index in [9.17, 15) is 0 Å². The topological polar surface area (TPSA) is 12.0 Å². The Morgan fingerprint density at radius 3 is 2.50 bits per heavy atom. The number of aryl methyl sites for hydroxylation is 1. The molecular formula is C10H14ClN. The Kier molecular flexibility index (Phi) is 4.12. The quantitative estimate of drug-likeness (QED) is 0.706. The van der Waals surface area contributed by atoms with Gasteiger partial charge in [-0.1, -0.05) is 24.3 Å². The fourth-order valence-corrected chi connectivity index (χ4v) is 1.47. The van der Waals surface area contributed by atoms with E-state index in [1.54, 1.807) is 0 Å². The molecule has 0 bridgehead atoms. The zero-order valence-electron chi connectivity index (χ0n) is 7.31. The van der Waals surface area contributed by atoms with Crippen LogP contribution in [0.15, 0.2) is 24.3 Å². The van der Waals surface area contributed by atoms with Crippen LogP contribution in [0.4, 0.5) is 0 Å². The molecule has 0 fully saturated rings. The van der Waals surface area contributed by atoms with E-state index < -0.39 is 0 Å². The van der Waals surface area contributed by atoms with Gasteiger partial charge in [-0.05, 0) is 24.6 Å². The van der Waals surface area contributed by atoms with Crippen LogP contribution in [-0.4, -0.2) is 12.9 Å². The molecule has 0 heterocycles. The Hall–Kier alpha value is -0.530. The van der Waals surface area contributed by atoms with E-state index in [-0.39, 0.29) is 0 Å². The van der Waals surface area contributed by atoms with Crippen LogP contribution in [0, 0.1) is 0 Å². The van der Waals surface area contributed by atoms with Crippen molar-refractivity contribution in [3.8, 4) is 0 Å². The number of nitrogens with one attached hydrogen (secondary N) is 1. The Morgan fingerprint density at radius 2 is 1.92 bits per heavy atom. The zero-order valence-corrected chi connectivity index (χ0v) is 8.06. The SMILES string of the molecule is CNCc1ccccc1CCCl. The molecule has 0 radical (unpaired) electrons. The van der Waals surface area contributed by atoms with E-state index in [4.69, 9.17) is 11.6 Å². The van der Waals surface area contributed by atoms with Crippen LogP contribution in [0.25, 0.3) is 0 Å². The summed E-state index contributed by atoms with van der Waals surface area (Å²) >= 11 is 5.69. The highest BCUT2D eigenvalue weighted by Gasteiger charge is 1.98. The molecule has 0 spiro atoms. The van der Waals surface area contributed by atoms with Gasteiger partial charge in [-0.15, -0.1) is 11.6 Å². The Morgan fingerprint density at radius 1 is 1.25 bits per heavy atom. The maximum atomic E-state index is 5.69. The minimum atomic E-state index is 0.695. The van der Waals surface area contributed by atoms with Crippen LogP contribution >= 0.6 is 11.6 Å². The van der Waals surface area contributed by atoms with Gasteiger partial charge in [-0.25, -0.2) is 0 Å². The van der Waals surface area contributed by atoms with Gasteiger partial charge in [0.15, 0.2) is 0 Å². The second kappa shape index (κ2) is 5.18. The molecule has 1 nitrogen and oxygen atoms in total. The van der Waals surface area contributed by atoms with Gasteiger partial charge in [0.2, 0.25) is 0 Å². The van der Waals surface area contributed by atoms with Crippen LogP contribution in [0.3, 0.4) is 0 Å². The van der Waals surface area contributed by atoms with Gasteiger partial charge in [0, 0.05) is 12.4 Å². The summed E-state index contributed by atoms with van der Waals surface area (Å²) in [5.74, 6) is 0.695. The van der Waals surface area contributed by atoms with E-state index in [2.05, 4.69) is 29.6 Å². The lowest BCUT2D eigenvalue weighted by molar-refractivity contribution is 0.806. The molecule has 2 heteroatoms. The minimum Gasteiger partial charge on any atom is -0.316 e. The highest BCUT2D eigenvalue weighted by Crippen LogP contribution is 2.09. The summed E-state index contributed by atoms with van der Waals surface area (Å²) in [7, 11) is 1.96. The molecule has 0 saturated heterocycles. The van der Waals surface area contributed by atoms with Gasteiger partial charge >= 0.3 is 0 Å². The molecule has 1 aromatic rings. The molecule has 1 aromatic carbocycles. The summed E-state index contributed by atoms with van der Waals surface area (Å²) in [6.45, 7) is 0.924. The van der Waals surface area contributed by atoms with Crippen LogP contribution in [-0.2, 0) is 13.0 Å². The van der Waals surface area contributed by atoms with Crippen molar-refractivity contribution in [1.29, 1.82) is 0 Å². The van der Waals surface area contributed by atoms with Crippen molar-refractivity contribution in [1.82, 2.24) is 5.32 Å². The van der Waals surface area contributed by atoms with Crippen LogP contribution in [0.5, 0.6) is 0 Å². The Balaban J connectivity index is 2.77. The molecule has 12 heavy (non-hydrogen) atoms. The fraction of sp³-hybridized carbons (Fsp3) is 0.400. The van der Waals surface area contributed by atoms with Gasteiger partial charge in [0.25, 0.3) is 0 Å². The van der Waals surface area contributed by atoms with E-state index in [0.717, 1.165) is 13.0 Å². The summed E-state index contributed by atoms with van der Waals surface area (Å²) in [4.78, 5) is 0. The van der Waals surface area contributed by atoms with Crippen LogP contribution in [0.1, 0.15) is 11.1 Å². The largest absolute Gasteiger partial charge is 0.316 e. The first-order valence-electron chi connectivity index (χ1n) is 4.16. The van der Waals surface area contributed by atoms with Gasteiger partial charge in [0.1, 0.15) is 0 Å². The molecule has 1 N–H and O–H groups in total. The maximum Gasteiger partial charge on any atom is 0.0264 e. The Labute approximate surface area is 78.7 Å². The molecule has 0 saturated carbocycles. The molecule has 0 aliphatic heterocycles. The third kappa shape index (κ3) is 2.50. The Bertz CT molecular complexity index is 210. The molecule has 66 valence electrons. The van der Waals surface area contributed by atoms with Crippen LogP contribution in [0.2, 0.25) is 0 Å². The van der Waals surface area contributed by atoms with Crippen molar-refractivity contribution >= 4 is 11.6 Å². The number of hydrogen-bond donors (Lipinski definition) is 1. The average molecular weight is 184 g/mol. The van der Waals surface area contributed by atoms with Crippen molar-refractivity contribution < 1.29 is 0 Å². The van der Waals surface area contributed by atoms with Crippen molar-refractivity contribution in [3.05, 3.63) is 35.4 Å². The molecule has 0 aromatic heterocycles. The first-order chi connectivity index (χ1) is 5.88. The van der Waals surface area contributed by atoms with Crippen molar-refractivity contribution in [2.75, 3.05) is 12.9 Å². The first-order valence-corrected chi connectivity index (χ1v) is 4.69. The van der Waals surface area contributed by atoms with E-state index in [0.29, 0.717) is 5.88 Å². The predicted molar refractivity (Wildman–Crippen MR) is 53.6 cm³/mol. The summed E-state index contributed by atoms with van der Waals surface area (Å²) in [5, 5.41) is 3.14. The van der Waals surface area contributed by atoms with Crippen molar-refractivity contribution in [3.63, 3.8) is 0 Å². The van der Waals surface area contributed by atoms with Crippen LogP contribution < -0.4 is 5.32 Å². The maximum absolute atomic E-state index is 5.69. The third-order valence-electron chi connectivity index (χ3n) is 1.85. The number of halogens is 1. The number of hydrogen-bond acceptors (Lipinski definition) is 1. The molecule has 0 unspecified atom stereocenters. The van der Waals surface area contributed by atoms with Crippen molar-refractivity contribution in [2.24, 2.45) is 0 Å². The molecule has 0 aliphatic rings. The zero-order chi connectivity index (χ0) is 8.81. The average Bonchev–Trinajstić information content (AvgIpc) is 2.09. The highest BCUT2D eigenvalue weighted by atomic mass is 35.5. The predicted octanol–water partition coefficient (Wildman–Crippen LogP) is 2.19. The normalized spacial score (nSPS) is 10.2. The lowest BCUT2D eigenvalue weighted by atomic mass is 10.1. The van der Waals surface area contributed by atoms with E-state index in [1.807, 2.05) is 7.05 Å². The molecule has 0 aliphatic carbocycles. The second-order valence-corrected chi connectivity index (χ2v) is 3.12. The lowest BCUT2D eigenvalue weighted by Gasteiger charge is -2.06.